The maximum atomic E-state index is 11.8. The summed E-state index contributed by atoms with van der Waals surface area (Å²) < 4.78 is 5.75. The maximum Gasteiger partial charge on any atom is 0.355 e. The lowest BCUT2D eigenvalue weighted by Crippen LogP contribution is -1.93. The third-order valence-electron chi connectivity index (χ3n) is 3.27. The van der Waals surface area contributed by atoms with Crippen molar-refractivity contribution in [2.24, 2.45) is 0 Å². The highest BCUT2D eigenvalue weighted by Gasteiger charge is 2.29. The number of carbonyl (C=O) groups is 1. The van der Waals surface area contributed by atoms with Gasteiger partial charge in [0.1, 0.15) is 22.3 Å². The van der Waals surface area contributed by atoms with E-state index in [1.165, 1.54) is 18.2 Å². The first-order valence-corrected chi connectivity index (χ1v) is 7.75. The van der Waals surface area contributed by atoms with E-state index in [1.54, 1.807) is 30.3 Å². The smallest absolute Gasteiger partial charge is 0.355 e. The van der Waals surface area contributed by atoms with E-state index in [4.69, 9.17) is 16.3 Å². The van der Waals surface area contributed by atoms with Crippen LogP contribution in [0.15, 0.2) is 57.7 Å². The number of halogens is 2. The number of carbonyl (C=O) groups excluding carboxylic acids is 1. The first-order chi connectivity index (χ1) is 11.0. The molecule has 1 aliphatic heterocycles. The number of phenolic OH excluding ortho intramolecular Hbond substituents is 2. The van der Waals surface area contributed by atoms with E-state index in [0.29, 0.717) is 21.4 Å². The summed E-state index contributed by atoms with van der Waals surface area (Å²) in [4.78, 5) is 11.8. The molecular formula is C17H10BrClO4. The number of phenols is 2. The van der Waals surface area contributed by atoms with Crippen molar-refractivity contribution >= 4 is 45.1 Å². The zero-order valence-corrected chi connectivity index (χ0v) is 13.9. The molecule has 0 saturated heterocycles. The molecule has 2 aromatic rings. The van der Waals surface area contributed by atoms with Gasteiger partial charge in [0.25, 0.3) is 0 Å². The Bertz CT molecular complexity index is 853. The molecule has 6 heteroatoms. The third-order valence-corrected chi connectivity index (χ3v) is 4.25. The van der Waals surface area contributed by atoms with Crippen LogP contribution in [0.5, 0.6) is 11.5 Å². The number of hydrogen-bond acceptors (Lipinski definition) is 4. The van der Waals surface area contributed by atoms with Crippen LogP contribution in [-0.4, -0.2) is 16.2 Å². The highest BCUT2D eigenvalue weighted by molar-refractivity contribution is 9.10. The fraction of sp³-hybridized carbons (Fsp3) is 0. The van der Waals surface area contributed by atoms with E-state index < -0.39 is 5.97 Å². The van der Waals surface area contributed by atoms with Crippen LogP contribution in [0.25, 0.3) is 11.6 Å². The first kappa shape index (κ1) is 15.6. The molecule has 1 aliphatic rings. The summed E-state index contributed by atoms with van der Waals surface area (Å²) in [5.41, 5.74) is 1.84. The van der Waals surface area contributed by atoms with Gasteiger partial charge >= 0.3 is 5.97 Å². The lowest BCUT2D eigenvalue weighted by molar-refractivity contribution is -0.132. The number of ether oxygens (including phenoxy) is 1. The van der Waals surface area contributed by atoms with Gasteiger partial charge in [0.05, 0.1) is 10.0 Å². The van der Waals surface area contributed by atoms with E-state index in [0.717, 1.165) is 5.56 Å². The van der Waals surface area contributed by atoms with Crippen molar-refractivity contribution in [1.82, 2.24) is 0 Å². The molecule has 0 unspecified atom stereocenters. The van der Waals surface area contributed by atoms with E-state index in [9.17, 15) is 15.0 Å². The van der Waals surface area contributed by atoms with Gasteiger partial charge in [0, 0.05) is 0 Å². The lowest BCUT2D eigenvalue weighted by Gasteiger charge is -2.06. The van der Waals surface area contributed by atoms with Crippen LogP contribution in [0.4, 0.5) is 0 Å². The highest BCUT2D eigenvalue weighted by Crippen LogP contribution is 2.38. The molecule has 4 nitrogen and oxygen atoms in total. The molecule has 2 N–H and O–H groups in total. The molecule has 0 amide bonds. The van der Waals surface area contributed by atoms with Gasteiger partial charge < -0.3 is 14.9 Å². The SMILES string of the molecule is O=C1OC(=Cc2ccc(O)c(Br)c2)C(c2ccc(O)cc2)=C1Cl. The number of rotatable bonds is 2. The van der Waals surface area contributed by atoms with Crippen LogP contribution in [0, 0.1) is 0 Å². The maximum absolute atomic E-state index is 11.8. The molecule has 0 aliphatic carbocycles. The Kier molecular flexibility index (Phi) is 4.15. The van der Waals surface area contributed by atoms with E-state index in [-0.39, 0.29) is 16.5 Å². The highest BCUT2D eigenvalue weighted by atomic mass is 79.9. The van der Waals surface area contributed by atoms with Crippen LogP contribution >= 0.6 is 27.5 Å². The number of hydrogen-bond donors (Lipinski definition) is 2. The average Bonchev–Trinajstić information content (AvgIpc) is 2.79. The van der Waals surface area contributed by atoms with Crippen LogP contribution < -0.4 is 0 Å². The molecule has 3 rings (SSSR count). The Morgan fingerprint density at radius 3 is 2.43 bits per heavy atom. The van der Waals surface area contributed by atoms with Crippen LogP contribution in [-0.2, 0) is 9.53 Å². The van der Waals surface area contributed by atoms with Crippen molar-refractivity contribution in [3.63, 3.8) is 0 Å². The summed E-state index contributed by atoms with van der Waals surface area (Å²) >= 11 is 9.31. The van der Waals surface area contributed by atoms with Crippen LogP contribution in [0.3, 0.4) is 0 Å². The van der Waals surface area contributed by atoms with E-state index in [1.807, 2.05) is 0 Å². The first-order valence-electron chi connectivity index (χ1n) is 6.57. The van der Waals surface area contributed by atoms with E-state index >= 15 is 0 Å². The summed E-state index contributed by atoms with van der Waals surface area (Å²) in [6.45, 7) is 0. The van der Waals surface area contributed by atoms with Crippen molar-refractivity contribution in [2.75, 3.05) is 0 Å². The molecule has 0 bridgehead atoms. The van der Waals surface area contributed by atoms with Gasteiger partial charge in [0.15, 0.2) is 0 Å². The fourth-order valence-corrected chi connectivity index (χ4v) is 2.81. The molecule has 23 heavy (non-hydrogen) atoms. The molecule has 116 valence electrons. The van der Waals surface area contributed by atoms with Crippen molar-refractivity contribution < 1.29 is 19.7 Å². The predicted molar refractivity (Wildman–Crippen MR) is 90.8 cm³/mol. The largest absolute Gasteiger partial charge is 0.508 e. The van der Waals surface area contributed by atoms with E-state index in [2.05, 4.69) is 15.9 Å². The Labute approximate surface area is 145 Å². The second kappa shape index (κ2) is 6.10. The van der Waals surface area contributed by atoms with Gasteiger partial charge in [-0.25, -0.2) is 4.79 Å². The molecule has 0 spiro atoms. The molecule has 2 aromatic carbocycles. The second-order valence-electron chi connectivity index (χ2n) is 4.84. The molecular weight excluding hydrogens is 384 g/mol. The number of aromatic hydroxyl groups is 2. The Morgan fingerprint density at radius 2 is 1.78 bits per heavy atom. The number of esters is 1. The van der Waals surface area contributed by atoms with Crippen molar-refractivity contribution in [2.45, 2.75) is 0 Å². The zero-order valence-electron chi connectivity index (χ0n) is 11.6. The number of cyclic esters (lactones) is 1. The second-order valence-corrected chi connectivity index (χ2v) is 6.08. The summed E-state index contributed by atoms with van der Waals surface area (Å²) in [7, 11) is 0. The van der Waals surface area contributed by atoms with Gasteiger partial charge in [-0.1, -0.05) is 29.8 Å². The monoisotopic (exact) mass is 392 g/mol. The topological polar surface area (TPSA) is 66.8 Å². The number of allylic oxidation sites excluding steroid dienone is 1. The van der Waals surface area contributed by atoms with Gasteiger partial charge in [-0.05, 0) is 57.4 Å². The minimum Gasteiger partial charge on any atom is -0.508 e. The minimum atomic E-state index is -0.626. The minimum absolute atomic E-state index is 0.0141. The summed E-state index contributed by atoms with van der Waals surface area (Å²) in [5.74, 6) is -0.0891. The molecule has 0 fully saturated rings. The van der Waals surface area contributed by atoms with Gasteiger partial charge in [-0.3, -0.25) is 0 Å². The standard InChI is InChI=1S/C17H10BrClO4/c18-12-7-9(1-6-13(12)21)8-14-15(16(19)17(22)23-14)10-2-4-11(20)5-3-10/h1-8,20-21H. The molecule has 0 saturated carbocycles. The predicted octanol–water partition coefficient (Wildman–Crippen LogP) is 4.41. The van der Waals surface area contributed by atoms with Crippen LogP contribution in [0.2, 0.25) is 0 Å². The zero-order chi connectivity index (χ0) is 16.6. The fourth-order valence-electron chi connectivity index (χ4n) is 2.17. The number of benzene rings is 2. The quantitative estimate of drug-likeness (QED) is 0.742. The normalized spacial score (nSPS) is 16.1. The lowest BCUT2D eigenvalue weighted by atomic mass is 10.0. The average molecular weight is 394 g/mol. The van der Waals surface area contributed by atoms with Crippen molar-refractivity contribution in [3.8, 4) is 11.5 Å². The molecule has 1 heterocycles. The summed E-state index contributed by atoms with van der Waals surface area (Å²) in [5, 5.41) is 18.9. The van der Waals surface area contributed by atoms with Crippen LogP contribution in [0.1, 0.15) is 11.1 Å². The molecule has 0 aromatic heterocycles. The Morgan fingerprint density at radius 1 is 1.09 bits per heavy atom. The molecule has 0 atom stereocenters. The van der Waals surface area contributed by atoms with Crippen molar-refractivity contribution in [3.05, 3.63) is 68.9 Å². The van der Waals surface area contributed by atoms with Crippen molar-refractivity contribution in [1.29, 1.82) is 0 Å². The third kappa shape index (κ3) is 3.11. The molecule has 0 radical (unpaired) electrons. The van der Waals surface area contributed by atoms with Gasteiger partial charge in [0.2, 0.25) is 0 Å². The van der Waals surface area contributed by atoms with Gasteiger partial charge in [-0.15, -0.1) is 0 Å². The van der Waals surface area contributed by atoms with Gasteiger partial charge in [-0.2, -0.15) is 0 Å². The Balaban J connectivity index is 2.07. The summed E-state index contributed by atoms with van der Waals surface area (Å²) in [6.07, 6.45) is 1.65. The Hall–Kier alpha value is -2.24. The summed E-state index contributed by atoms with van der Waals surface area (Å²) in [6, 6.07) is 11.2.